The van der Waals surface area contributed by atoms with Crippen molar-refractivity contribution < 1.29 is 9.53 Å². The van der Waals surface area contributed by atoms with Crippen molar-refractivity contribution in [3.05, 3.63) is 83.4 Å². The van der Waals surface area contributed by atoms with Crippen LogP contribution < -0.4 is 15.8 Å². The molecule has 2 aromatic heterocycles. The summed E-state index contributed by atoms with van der Waals surface area (Å²) in [5, 5.41) is 4.81. The summed E-state index contributed by atoms with van der Waals surface area (Å²) in [5.74, 6) is 1.61. The summed E-state index contributed by atoms with van der Waals surface area (Å²) in [6, 6.07) is 14.3. The van der Waals surface area contributed by atoms with Crippen molar-refractivity contribution in [2.75, 3.05) is 11.1 Å². The van der Waals surface area contributed by atoms with E-state index >= 15 is 0 Å². The number of rotatable bonds is 6. The number of nitrogens with two attached hydrogens (primary N) is 1. The first kappa shape index (κ1) is 20.0. The first-order chi connectivity index (χ1) is 14.5. The van der Waals surface area contributed by atoms with Crippen molar-refractivity contribution in [1.82, 2.24) is 14.5 Å². The molecular formula is C21H19N5O2S2. The molecule has 0 aliphatic rings. The lowest BCUT2D eigenvalue weighted by Crippen LogP contribution is -2.14. The van der Waals surface area contributed by atoms with Crippen LogP contribution in [0.2, 0.25) is 0 Å². The number of aryl methyl sites for hydroxylation is 1. The summed E-state index contributed by atoms with van der Waals surface area (Å²) in [6.07, 6.45) is 3.56. The molecular weight excluding hydrogens is 418 g/mol. The Morgan fingerprint density at radius 1 is 1.23 bits per heavy atom. The van der Waals surface area contributed by atoms with Gasteiger partial charge in [-0.3, -0.25) is 10.1 Å². The second-order valence-electron chi connectivity index (χ2n) is 6.49. The quantitative estimate of drug-likeness (QED) is 0.304. The van der Waals surface area contributed by atoms with Gasteiger partial charge in [0.1, 0.15) is 22.6 Å². The number of carbonyl (C=O) groups excluding carboxylic acids is 1. The van der Waals surface area contributed by atoms with Crippen molar-refractivity contribution in [2.24, 2.45) is 7.05 Å². The van der Waals surface area contributed by atoms with Crippen LogP contribution in [-0.2, 0) is 7.05 Å². The number of amides is 1. The number of imidazole rings is 1. The topological polar surface area (TPSA) is 95.1 Å². The smallest absolute Gasteiger partial charge is 0.259 e. The molecule has 0 aliphatic carbocycles. The summed E-state index contributed by atoms with van der Waals surface area (Å²) in [7, 11) is 1.90. The van der Waals surface area contributed by atoms with Crippen LogP contribution in [0.4, 0.5) is 10.8 Å². The summed E-state index contributed by atoms with van der Waals surface area (Å²) in [5.41, 5.74) is 7.39. The normalized spacial score (nSPS) is 11.8. The van der Waals surface area contributed by atoms with Crippen molar-refractivity contribution in [3.8, 4) is 11.5 Å². The SMILES string of the molecule is Cn1ccnc1C(S)c1csc(NC(=O)c2cc(Oc3ccccc3)ccc2N)n1. The van der Waals surface area contributed by atoms with Crippen LogP contribution in [0.25, 0.3) is 0 Å². The van der Waals surface area contributed by atoms with E-state index in [0.29, 0.717) is 33.6 Å². The average molecular weight is 438 g/mol. The van der Waals surface area contributed by atoms with Gasteiger partial charge in [-0.25, -0.2) is 9.97 Å². The zero-order valence-electron chi connectivity index (χ0n) is 16.0. The fourth-order valence-electron chi connectivity index (χ4n) is 2.83. The third-order valence-electron chi connectivity index (χ3n) is 4.37. The van der Waals surface area contributed by atoms with Gasteiger partial charge in [0.15, 0.2) is 5.13 Å². The molecule has 0 saturated heterocycles. The fraction of sp³-hybridized carbons (Fsp3) is 0.0952. The Bertz CT molecular complexity index is 1170. The van der Waals surface area contributed by atoms with E-state index in [1.165, 1.54) is 11.3 Å². The molecule has 0 bridgehead atoms. The highest BCUT2D eigenvalue weighted by atomic mass is 32.1. The molecule has 0 saturated carbocycles. The van der Waals surface area contributed by atoms with Crippen molar-refractivity contribution in [1.29, 1.82) is 0 Å². The van der Waals surface area contributed by atoms with E-state index in [4.69, 9.17) is 10.5 Å². The highest BCUT2D eigenvalue weighted by molar-refractivity contribution is 7.80. The van der Waals surface area contributed by atoms with E-state index in [9.17, 15) is 4.79 Å². The second-order valence-corrected chi connectivity index (χ2v) is 7.87. The summed E-state index contributed by atoms with van der Waals surface area (Å²) in [4.78, 5) is 21.6. The third kappa shape index (κ3) is 4.32. The maximum absolute atomic E-state index is 12.8. The molecule has 0 spiro atoms. The van der Waals surface area contributed by atoms with Gasteiger partial charge in [-0.05, 0) is 30.3 Å². The van der Waals surface area contributed by atoms with E-state index in [1.807, 2.05) is 53.5 Å². The Kier molecular flexibility index (Phi) is 5.73. The number of para-hydroxylation sites is 1. The molecule has 1 amide bonds. The summed E-state index contributed by atoms with van der Waals surface area (Å²) < 4.78 is 7.68. The number of nitrogens with zero attached hydrogens (tertiary/aromatic N) is 3. The van der Waals surface area contributed by atoms with Crippen molar-refractivity contribution in [2.45, 2.75) is 5.25 Å². The zero-order chi connectivity index (χ0) is 21.1. The number of thiazole rings is 1. The molecule has 4 aromatic rings. The summed E-state index contributed by atoms with van der Waals surface area (Å²) in [6.45, 7) is 0. The predicted molar refractivity (Wildman–Crippen MR) is 121 cm³/mol. The van der Waals surface area contributed by atoms with Crippen LogP contribution >= 0.6 is 24.0 Å². The number of aromatic nitrogens is 3. The standard InChI is InChI=1S/C21H19N5O2S2/c1-26-10-9-23-19(26)18(29)17-12-30-21(24-17)25-20(27)15-11-14(7-8-16(15)22)28-13-5-3-2-4-6-13/h2-12,18,29H,22H2,1H3,(H,24,25,27). The first-order valence-electron chi connectivity index (χ1n) is 9.06. The van der Waals surface area contributed by atoms with Gasteiger partial charge in [-0.1, -0.05) is 18.2 Å². The average Bonchev–Trinajstić information content (AvgIpc) is 3.38. The lowest BCUT2D eigenvalue weighted by molar-refractivity contribution is 0.102. The van der Waals surface area contributed by atoms with Gasteiger partial charge in [0.05, 0.1) is 11.3 Å². The molecule has 2 heterocycles. The highest BCUT2D eigenvalue weighted by Gasteiger charge is 2.19. The molecule has 0 radical (unpaired) electrons. The predicted octanol–water partition coefficient (Wildman–Crippen LogP) is 4.52. The van der Waals surface area contributed by atoms with Gasteiger partial charge in [-0.15, -0.1) is 11.3 Å². The zero-order valence-corrected chi connectivity index (χ0v) is 17.7. The van der Waals surface area contributed by atoms with Gasteiger partial charge < -0.3 is 15.0 Å². The van der Waals surface area contributed by atoms with Crippen molar-refractivity contribution in [3.63, 3.8) is 0 Å². The van der Waals surface area contributed by atoms with Crippen LogP contribution in [0, 0.1) is 0 Å². The van der Waals surface area contributed by atoms with Crippen LogP contribution in [0.3, 0.4) is 0 Å². The minimum absolute atomic E-state index is 0.292. The Hall–Kier alpha value is -3.30. The van der Waals surface area contributed by atoms with E-state index < -0.39 is 0 Å². The van der Waals surface area contributed by atoms with Crippen LogP contribution in [0.5, 0.6) is 11.5 Å². The van der Waals surface area contributed by atoms with E-state index in [1.54, 1.807) is 24.4 Å². The number of carbonyl (C=O) groups is 1. The molecule has 2 aromatic carbocycles. The molecule has 3 N–H and O–H groups in total. The molecule has 4 rings (SSSR count). The molecule has 9 heteroatoms. The Balaban J connectivity index is 1.50. The van der Waals surface area contributed by atoms with Gasteiger partial charge in [0.2, 0.25) is 0 Å². The Morgan fingerprint density at radius 3 is 2.77 bits per heavy atom. The van der Waals surface area contributed by atoms with E-state index in [2.05, 4.69) is 27.9 Å². The molecule has 152 valence electrons. The lowest BCUT2D eigenvalue weighted by atomic mass is 10.1. The number of ether oxygens (including phenoxy) is 1. The van der Waals surface area contributed by atoms with Gasteiger partial charge in [0, 0.05) is 30.5 Å². The lowest BCUT2D eigenvalue weighted by Gasteiger charge is -2.10. The number of anilines is 2. The first-order valence-corrected chi connectivity index (χ1v) is 10.5. The van der Waals surface area contributed by atoms with Gasteiger partial charge in [-0.2, -0.15) is 12.6 Å². The molecule has 1 unspecified atom stereocenters. The number of nitrogens with one attached hydrogen (secondary N) is 1. The number of nitrogen functional groups attached to an aromatic ring is 1. The number of hydrogen-bond acceptors (Lipinski definition) is 7. The largest absolute Gasteiger partial charge is 0.457 e. The minimum Gasteiger partial charge on any atom is -0.457 e. The number of benzene rings is 2. The van der Waals surface area contributed by atoms with Crippen LogP contribution in [-0.4, -0.2) is 20.4 Å². The fourth-order valence-corrected chi connectivity index (χ4v) is 4.04. The van der Waals surface area contributed by atoms with Crippen LogP contribution in [0.1, 0.15) is 27.1 Å². The molecule has 0 fully saturated rings. The van der Waals surface area contributed by atoms with Gasteiger partial charge >= 0.3 is 0 Å². The molecule has 7 nitrogen and oxygen atoms in total. The number of hydrogen-bond donors (Lipinski definition) is 3. The Labute approximate surface area is 183 Å². The van der Waals surface area contributed by atoms with E-state index in [0.717, 1.165) is 5.82 Å². The monoisotopic (exact) mass is 437 g/mol. The maximum atomic E-state index is 12.8. The van der Waals surface area contributed by atoms with Crippen molar-refractivity contribution >= 4 is 40.7 Å². The number of thiol groups is 1. The van der Waals surface area contributed by atoms with E-state index in [-0.39, 0.29) is 11.2 Å². The second kappa shape index (κ2) is 8.60. The molecule has 1 atom stereocenters. The maximum Gasteiger partial charge on any atom is 0.259 e. The Morgan fingerprint density at radius 2 is 2.03 bits per heavy atom. The summed E-state index contributed by atoms with van der Waals surface area (Å²) >= 11 is 5.92. The van der Waals surface area contributed by atoms with Gasteiger partial charge in [0.25, 0.3) is 5.91 Å². The molecule has 30 heavy (non-hydrogen) atoms. The molecule has 0 aliphatic heterocycles. The highest BCUT2D eigenvalue weighted by Crippen LogP contribution is 2.30. The third-order valence-corrected chi connectivity index (χ3v) is 5.65. The van der Waals surface area contributed by atoms with Crippen LogP contribution in [0.15, 0.2) is 66.3 Å². The minimum atomic E-state index is -0.361.